The van der Waals surface area contributed by atoms with Crippen LogP contribution in [0.4, 0.5) is 4.79 Å². The minimum Gasteiger partial charge on any atom is -0.330 e. The summed E-state index contributed by atoms with van der Waals surface area (Å²) in [6.45, 7) is 5.45. The maximum absolute atomic E-state index is 12.2. The number of urea groups is 1. The Balaban J connectivity index is 1.88. The van der Waals surface area contributed by atoms with Crippen molar-refractivity contribution in [2.45, 2.75) is 26.3 Å². The van der Waals surface area contributed by atoms with Crippen LogP contribution in [0.3, 0.4) is 0 Å². The standard InChI is InChI=1S/C13H22N4O3S2/c1-4-12-15-11(9-21-12)10(2)14-13(18)16-5-7-17(8-6-16)22(3,19)20/h9-10H,4-8H2,1-3H3,(H,14,18). The number of nitrogens with zero attached hydrogens (tertiary/aromatic N) is 3. The minimum absolute atomic E-state index is 0.156. The maximum Gasteiger partial charge on any atom is 0.318 e. The molecule has 0 radical (unpaired) electrons. The molecule has 0 spiro atoms. The van der Waals surface area contributed by atoms with E-state index in [2.05, 4.69) is 10.3 Å². The average Bonchev–Trinajstić information content (AvgIpc) is 2.95. The number of hydrogen-bond acceptors (Lipinski definition) is 5. The predicted molar refractivity (Wildman–Crippen MR) is 86.4 cm³/mol. The number of thiazole rings is 1. The smallest absolute Gasteiger partial charge is 0.318 e. The van der Waals surface area contributed by atoms with Gasteiger partial charge in [0, 0.05) is 31.6 Å². The van der Waals surface area contributed by atoms with Gasteiger partial charge in [0.05, 0.1) is 23.0 Å². The van der Waals surface area contributed by atoms with Crippen molar-refractivity contribution in [2.75, 3.05) is 32.4 Å². The quantitative estimate of drug-likeness (QED) is 0.883. The highest BCUT2D eigenvalue weighted by Crippen LogP contribution is 2.17. The van der Waals surface area contributed by atoms with Gasteiger partial charge >= 0.3 is 6.03 Å². The Kier molecular flexibility index (Phi) is 5.41. The predicted octanol–water partition coefficient (Wildman–Crippen LogP) is 1.05. The molecule has 2 heterocycles. The van der Waals surface area contributed by atoms with E-state index < -0.39 is 10.0 Å². The van der Waals surface area contributed by atoms with Crippen LogP contribution in [0.5, 0.6) is 0 Å². The van der Waals surface area contributed by atoms with E-state index in [1.165, 1.54) is 10.6 Å². The first-order valence-electron chi connectivity index (χ1n) is 7.26. The third kappa shape index (κ3) is 4.17. The van der Waals surface area contributed by atoms with Crippen molar-refractivity contribution in [3.05, 3.63) is 16.1 Å². The van der Waals surface area contributed by atoms with Crippen LogP contribution >= 0.6 is 11.3 Å². The summed E-state index contributed by atoms with van der Waals surface area (Å²) in [6, 6.07) is -0.330. The Labute approximate surface area is 135 Å². The van der Waals surface area contributed by atoms with Gasteiger partial charge in [-0.15, -0.1) is 11.3 Å². The molecular weight excluding hydrogens is 324 g/mol. The van der Waals surface area contributed by atoms with Crippen LogP contribution in [0.1, 0.15) is 30.6 Å². The molecule has 124 valence electrons. The summed E-state index contributed by atoms with van der Waals surface area (Å²) in [5.74, 6) is 0. The monoisotopic (exact) mass is 346 g/mol. The Hall–Kier alpha value is -1.19. The fraction of sp³-hybridized carbons (Fsp3) is 0.692. The Morgan fingerprint density at radius 3 is 2.55 bits per heavy atom. The molecule has 2 amide bonds. The van der Waals surface area contributed by atoms with Crippen molar-refractivity contribution in [1.82, 2.24) is 19.5 Å². The van der Waals surface area contributed by atoms with Crippen LogP contribution in [0, 0.1) is 0 Å². The fourth-order valence-electron chi connectivity index (χ4n) is 2.26. The van der Waals surface area contributed by atoms with Gasteiger partial charge in [0.1, 0.15) is 0 Å². The molecule has 0 aliphatic carbocycles. The fourth-order valence-corrected chi connectivity index (χ4v) is 3.92. The molecule has 1 saturated heterocycles. The van der Waals surface area contributed by atoms with Crippen molar-refractivity contribution in [2.24, 2.45) is 0 Å². The van der Waals surface area contributed by atoms with Crippen LogP contribution in [-0.4, -0.2) is 61.1 Å². The number of rotatable bonds is 4. The number of nitrogens with one attached hydrogen (secondary N) is 1. The molecule has 1 aliphatic rings. The summed E-state index contributed by atoms with van der Waals surface area (Å²) in [5.41, 5.74) is 0.866. The first kappa shape index (κ1) is 17.2. The van der Waals surface area contributed by atoms with Gasteiger partial charge in [-0.05, 0) is 13.3 Å². The molecule has 7 nitrogen and oxygen atoms in total. The lowest BCUT2D eigenvalue weighted by Crippen LogP contribution is -2.53. The largest absolute Gasteiger partial charge is 0.330 e. The molecule has 0 bridgehead atoms. The summed E-state index contributed by atoms with van der Waals surface area (Å²) in [5, 5.41) is 5.94. The number of aromatic nitrogens is 1. The molecule has 1 aromatic heterocycles. The number of sulfonamides is 1. The zero-order valence-electron chi connectivity index (χ0n) is 13.1. The highest BCUT2D eigenvalue weighted by molar-refractivity contribution is 7.88. The number of hydrogen-bond donors (Lipinski definition) is 1. The lowest BCUT2D eigenvalue weighted by molar-refractivity contribution is 0.169. The second-order valence-electron chi connectivity index (χ2n) is 5.34. The molecule has 1 aromatic rings. The number of amides is 2. The van der Waals surface area contributed by atoms with Gasteiger partial charge in [-0.3, -0.25) is 0 Å². The van der Waals surface area contributed by atoms with E-state index in [0.717, 1.165) is 17.1 Å². The maximum atomic E-state index is 12.2. The van der Waals surface area contributed by atoms with E-state index in [1.807, 2.05) is 19.2 Å². The van der Waals surface area contributed by atoms with E-state index in [4.69, 9.17) is 0 Å². The summed E-state index contributed by atoms with van der Waals surface area (Å²) in [6.07, 6.45) is 2.08. The molecule has 1 atom stereocenters. The van der Waals surface area contributed by atoms with Crippen LogP contribution in [0.25, 0.3) is 0 Å². The molecule has 1 N–H and O–H groups in total. The number of carbonyl (C=O) groups is 1. The van der Waals surface area contributed by atoms with Crippen LogP contribution in [0.2, 0.25) is 0 Å². The summed E-state index contributed by atoms with van der Waals surface area (Å²) >= 11 is 1.59. The lowest BCUT2D eigenvalue weighted by atomic mass is 10.2. The van der Waals surface area contributed by atoms with E-state index in [0.29, 0.717) is 26.2 Å². The van der Waals surface area contributed by atoms with Crippen molar-refractivity contribution in [1.29, 1.82) is 0 Å². The second-order valence-corrected chi connectivity index (χ2v) is 8.27. The molecule has 0 saturated carbocycles. The first-order chi connectivity index (χ1) is 10.3. The molecule has 1 fully saturated rings. The molecule has 1 unspecified atom stereocenters. The highest BCUT2D eigenvalue weighted by atomic mass is 32.2. The minimum atomic E-state index is -3.17. The highest BCUT2D eigenvalue weighted by Gasteiger charge is 2.26. The zero-order chi connectivity index (χ0) is 16.3. The molecule has 22 heavy (non-hydrogen) atoms. The molecular formula is C13H22N4O3S2. The van der Waals surface area contributed by atoms with Crippen molar-refractivity contribution >= 4 is 27.4 Å². The molecule has 0 aromatic carbocycles. The Bertz CT molecular complexity index is 621. The van der Waals surface area contributed by atoms with Crippen molar-refractivity contribution in [3.8, 4) is 0 Å². The molecule has 9 heteroatoms. The number of piperazine rings is 1. The third-order valence-corrected chi connectivity index (χ3v) is 5.97. The van der Waals surface area contributed by atoms with Gasteiger partial charge in [0.15, 0.2) is 0 Å². The van der Waals surface area contributed by atoms with Crippen molar-refractivity contribution < 1.29 is 13.2 Å². The summed E-state index contributed by atoms with van der Waals surface area (Å²) in [7, 11) is -3.17. The SMILES string of the molecule is CCc1nc(C(C)NC(=O)N2CCN(S(C)(=O)=O)CC2)cs1. The zero-order valence-corrected chi connectivity index (χ0v) is 14.7. The van der Waals surface area contributed by atoms with Gasteiger partial charge in [0.25, 0.3) is 0 Å². The average molecular weight is 346 g/mol. The third-order valence-electron chi connectivity index (χ3n) is 3.65. The lowest BCUT2D eigenvalue weighted by Gasteiger charge is -2.33. The van der Waals surface area contributed by atoms with E-state index >= 15 is 0 Å². The van der Waals surface area contributed by atoms with E-state index in [-0.39, 0.29) is 12.1 Å². The van der Waals surface area contributed by atoms with E-state index in [1.54, 1.807) is 16.2 Å². The topological polar surface area (TPSA) is 82.6 Å². The van der Waals surface area contributed by atoms with Gasteiger partial charge in [-0.2, -0.15) is 4.31 Å². The first-order valence-corrected chi connectivity index (χ1v) is 9.99. The Morgan fingerprint density at radius 2 is 2.05 bits per heavy atom. The Morgan fingerprint density at radius 1 is 1.41 bits per heavy atom. The molecule has 1 aliphatic heterocycles. The number of aryl methyl sites for hydroxylation is 1. The summed E-state index contributed by atoms with van der Waals surface area (Å²) < 4.78 is 24.3. The van der Waals surface area contributed by atoms with Gasteiger partial charge in [-0.1, -0.05) is 6.92 Å². The van der Waals surface area contributed by atoms with Crippen molar-refractivity contribution in [3.63, 3.8) is 0 Å². The van der Waals surface area contributed by atoms with Crippen LogP contribution in [0.15, 0.2) is 5.38 Å². The second kappa shape index (κ2) is 6.93. The van der Waals surface area contributed by atoms with Crippen LogP contribution < -0.4 is 5.32 Å². The van der Waals surface area contributed by atoms with Crippen LogP contribution in [-0.2, 0) is 16.4 Å². The van der Waals surface area contributed by atoms with Gasteiger partial charge in [-0.25, -0.2) is 18.2 Å². The van der Waals surface area contributed by atoms with E-state index in [9.17, 15) is 13.2 Å². The normalized spacial score (nSPS) is 18.2. The summed E-state index contributed by atoms with van der Waals surface area (Å²) in [4.78, 5) is 18.4. The van der Waals surface area contributed by atoms with Gasteiger partial charge < -0.3 is 10.2 Å². The van der Waals surface area contributed by atoms with Gasteiger partial charge in [0.2, 0.25) is 10.0 Å². The number of carbonyl (C=O) groups excluding carboxylic acids is 1. The molecule has 2 rings (SSSR count).